The Labute approximate surface area is 279 Å². The van der Waals surface area contributed by atoms with E-state index in [1.165, 1.54) is 62.6 Å². The highest BCUT2D eigenvalue weighted by atomic mass is 32.2. The van der Waals surface area contributed by atoms with Crippen LogP contribution in [0.25, 0.3) is 0 Å². The van der Waals surface area contributed by atoms with E-state index >= 15 is 0 Å². The lowest BCUT2D eigenvalue weighted by molar-refractivity contribution is 0.126. The van der Waals surface area contributed by atoms with Gasteiger partial charge in [0.25, 0.3) is 10.0 Å². The molecule has 2 heterocycles. The van der Waals surface area contributed by atoms with Gasteiger partial charge in [-0.3, -0.25) is 4.31 Å². The molecule has 4 aliphatic rings. The van der Waals surface area contributed by atoms with Gasteiger partial charge >= 0.3 is 0 Å². The molecule has 0 amide bonds. The van der Waals surface area contributed by atoms with Crippen LogP contribution in [0.1, 0.15) is 69.5 Å². The smallest absolute Gasteiger partial charge is 0.264 e. The summed E-state index contributed by atoms with van der Waals surface area (Å²) in [6, 6.07) is 25.4. The van der Waals surface area contributed by atoms with E-state index in [0.29, 0.717) is 22.9 Å². The molecule has 3 aromatic rings. The van der Waals surface area contributed by atoms with Crippen LogP contribution in [-0.2, 0) is 22.9 Å². The number of hydrogen-bond acceptors (Lipinski definition) is 5. The molecule has 4 atom stereocenters. The standard InChI is InChI=1S/C23H30N2O2S.C16H24N2.H2/c1-18-10-12-20(13-11-18)28(26,27)25-16-15-23(14-6-9-22(23)24(2)3)17-19-7-4-5-8-21(19)25;1-18(2)15-8-5-9-16(15)10-11-17-14-7-4-3-6-13(14)12-16;/h4-5,7-8,10-13,22H,6,9,14-17H2,1-3H3;3-4,6-7,15,17H,5,8-12H2,1-2H3;1H/i;;1+1. The lowest BCUT2D eigenvalue weighted by Gasteiger charge is -2.39. The Balaban J connectivity index is 0.000000197. The average Bonchev–Trinajstić information content (AvgIpc) is 3.52. The van der Waals surface area contributed by atoms with Gasteiger partial charge in [0.05, 0.1) is 10.6 Å². The zero-order valence-electron chi connectivity index (χ0n) is 28.6. The first kappa shape index (κ1) is 33.0. The highest BCUT2D eigenvalue weighted by Gasteiger charge is 2.47. The van der Waals surface area contributed by atoms with Gasteiger partial charge in [-0.1, -0.05) is 66.9 Å². The van der Waals surface area contributed by atoms with Gasteiger partial charge in [-0.05, 0) is 133 Å². The number of anilines is 2. The molecule has 0 radical (unpaired) electrons. The molecule has 0 aromatic heterocycles. The van der Waals surface area contributed by atoms with Crippen molar-refractivity contribution in [2.45, 2.75) is 88.1 Å². The molecule has 6 nitrogen and oxygen atoms in total. The number of aryl methyl sites for hydroxylation is 1. The quantitative estimate of drug-likeness (QED) is 0.316. The Morgan fingerprint density at radius 3 is 1.96 bits per heavy atom. The Morgan fingerprint density at radius 1 is 0.739 bits per heavy atom. The highest BCUT2D eigenvalue weighted by Crippen LogP contribution is 2.50. The molecule has 2 fully saturated rings. The summed E-state index contributed by atoms with van der Waals surface area (Å²) >= 11 is 0. The Kier molecular flexibility index (Phi) is 9.57. The van der Waals surface area contributed by atoms with E-state index in [4.69, 9.17) is 0 Å². The van der Waals surface area contributed by atoms with Crippen molar-refractivity contribution in [1.82, 2.24) is 9.80 Å². The molecular formula is C39H56N4O2S. The average molecular weight is 646 g/mol. The van der Waals surface area contributed by atoms with Crippen molar-refractivity contribution >= 4 is 21.4 Å². The predicted molar refractivity (Wildman–Crippen MR) is 193 cm³/mol. The minimum Gasteiger partial charge on any atom is -0.385 e. The maximum absolute atomic E-state index is 13.5. The van der Waals surface area contributed by atoms with Crippen LogP contribution in [0, 0.1) is 17.8 Å². The van der Waals surface area contributed by atoms with Crippen molar-refractivity contribution in [2.24, 2.45) is 10.8 Å². The molecular weight excluding hydrogens is 589 g/mol. The molecule has 0 saturated heterocycles. The van der Waals surface area contributed by atoms with Crippen LogP contribution in [0.5, 0.6) is 0 Å². The summed E-state index contributed by atoms with van der Waals surface area (Å²) in [6.45, 7) is 3.64. The van der Waals surface area contributed by atoms with E-state index in [-0.39, 0.29) is 6.84 Å². The summed E-state index contributed by atoms with van der Waals surface area (Å²) in [5, 5.41) is 3.62. The van der Waals surface area contributed by atoms with Gasteiger partial charge in [-0.25, -0.2) is 8.42 Å². The fraction of sp³-hybridized carbons (Fsp3) is 0.538. The third-order valence-corrected chi connectivity index (χ3v) is 13.5. The number of nitrogens with zero attached hydrogens (tertiary/aromatic N) is 3. The summed E-state index contributed by atoms with van der Waals surface area (Å²) in [5.41, 5.74) is 6.60. The minimum atomic E-state index is -3.58. The number of nitrogens with one attached hydrogen (secondary N) is 1. The third-order valence-electron chi connectivity index (χ3n) is 11.7. The van der Waals surface area contributed by atoms with Crippen LogP contribution in [0.4, 0.5) is 11.4 Å². The largest absolute Gasteiger partial charge is 0.385 e. The summed E-state index contributed by atoms with van der Waals surface area (Å²) in [7, 11) is 5.25. The van der Waals surface area contributed by atoms with Crippen molar-refractivity contribution in [3.63, 3.8) is 0 Å². The third kappa shape index (κ3) is 6.35. The van der Waals surface area contributed by atoms with Crippen molar-refractivity contribution < 1.29 is 9.84 Å². The zero-order valence-corrected chi connectivity index (χ0v) is 29.5. The van der Waals surface area contributed by atoms with E-state index in [1.807, 2.05) is 37.3 Å². The zero-order chi connectivity index (χ0) is 32.5. The van der Waals surface area contributed by atoms with Crippen LogP contribution in [0.15, 0.2) is 77.7 Å². The molecule has 7 heteroatoms. The second-order valence-electron chi connectivity index (χ2n) is 14.9. The van der Waals surface area contributed by atoms with Gasteiger partial charge in [0.15, 0.2) is 0 Å². The molecule has 2 aliphatic heterocycles. The number of fused-ring (bicyclic) bond motifs is 2. The Morgan fingerprint density at radius 2 is 1.30 bits per heavy atom. The van der Waals surface area contributed by atoms with Gasteiger partial charge < -0.3 is 15.1 Å². The van der Waals surface area contributed by atoms with E-state index in [9.17, 15) is 8.42 Å². The summed E-state index contributed by atoms with van der Waals surface area (Å²) in [5.74, 6) is 0. The second-order valence-corrected chi connectivity index (χ2v) is 16.8. The first-order chi connectivity index (χ1) is 22.0. The molecule has 2 saturated carbocycles. The molecule has 7 rings (SSSR count). The Bertz CT molecular complexity index is 1610. The van der Waals surface area contributed by atoms with Gasteiger partial charge in [-0.15, -0.1) is 0 Å². The number of hydrogen-bond donors (Lipinski definition) is 1. The number of para-hydroxylation sites is 2. The molecule has 46 heavy (non-hydrogen) atoms. The number of sulfonamides is 1. The second kappa shape index (κ2) is 13.3. The van der Waals surface area contributed by atoms with Crippen LogP contribution in [0.2, 0.25) is 0 Å². The topological polar surface area (TPSA) is 55.9 Å². The first-order valence-electron chi connectivity index (χ1n) is 17.4. The lowest BCUT2D eigenvalue weighted by atomic mass is 9.74. The maximum atomic E-state index is 13.5. The molecule has 2 spiro atoms. The van der Waals surface area contributed by atoms with Crippen molar-refractivity contribution in [3.05, 3.63) is 89.5 Å². The van der Waals surface area contributed by atoms with E-state index in [0.717, 1.165) is 42.2 Å². The van der Waals surface area contributed by atoms with Crippen LogP contribution < -0.4 is 9.62 Å². The van der Waals surface area contributed by atoms with Crippen LogP contribution in [0.3, 0.4) is 0 Å². The molecule has 3 aromatic carbocycles. The fourth-order valence-corrected chi connectivity index (χ4v) is 11.0. The molecule has 4 unspecified atom stereocenters. The fourth-order valence-electron chi connectivity index (χ4n) is 9.51. The Hall–Kier alpha value is -2.87. The monoisotopic (exact) mass is 645 g/mol. The first-order valence-corrected chi connectivity index (χ1v) is 18.8. The SMILES string of the molecule is CN(C)C1CCCC12CCNc1ccccc1C2.Cc1ccc(S(=O)(=O)N2CCC3(CCCC3N(C)C)Cc3ccccc32)cc1.[2HH]. The maximum Gasteiger partial charge on any atom is 0.264 e. The van der Waals surface area contributed by atoms with Crippen molar-refractivity contribution in [2.75, 3.05) is 50.9 Å². The van der Waals surface area contributed by atoms with Gasteiger partial charge in [0, 0.05) is 32.3 Å². The molecule has 0 bridgehead atoms. The van der Waals surface area contributed by atoms with E-state index in [1.54, 1.807) is 16.4 Å². The van der Waals surface area contributed by atoms with E-state index < -0.39 is 10.0 Å². The number of rotatable bonds is 4. The van der Waals surface area contributed by atoms with Crippen molar-refractivity contribution in [3.8, 4) is 0 Å². The lowest BCUT2D eigenvalue weighted by Crippen LogP contribution is -2.43. The summed E-state index contributed by atoms with van der Waals surface area (Å²) < 4.78 is 28.8. The normalized spacial score (nSPS) is 27.5. The summed E-state index contributed by atoms with van der Waals surface area (Å²) in [4.78, 5) is 5.18. The molecule has 2 aliphatic carbocycles. The predicted octanol–water partition coefficient (Wildman–Crippen LogP) is 7.63. The van der Waals surface area contributed by atoms with Crippen LogP contribution in [-0.4, -0.2) is 71.6 Å². The minimum absolute atomic E-state index is 0. The summed E-state index contributed by atoms with van der Waals surface area (Å²) in [6.07, 6.45) is 12.1. The van der Waals surface area contributed by atoms with E-state index in [2.05, 4.69) is 73.6 Å². The van der Waals surface area contributed by atoms with Gasteiger partial charge in [0.2, 0.25) is 0 Å². The number of benzene rings is 3. The molecule has 1 N–H and O–H groups in total. The van der Waals surface area contributed by atoms with Gasteiger partial charge in [-0.2, -0.15) is 0 Å². The van der Waals surface area contributed by atoms with Crippen LogP contribution >= 0.6 is 0 Å². The van der Waals surface area contributed by atoms with Crippen molar-refractivity contribution in [1.29, 1.82) is 0 Å². The van der Waals surface area contributed by atoms with Gasteiger partial charge in [0.1, 0.15) is 0 Å². The highest BCUT2D eigenvalue weighted by molar-refractivity contribution is 7.92. The molecule has 250 valence electrons.